The van der Waals surface area contributed by atoms with E-state index >= 15 is 0 Å². The summed E-state index contributed by atoms with van der Waals surface area (Å²) in [6.45, 7) is 1.49. The van der Waals surface area contributed by atoms with Crippen LogP contribution in [0.5, 0.6) is 0 Å². The molecule has 90 valence electrons. The van der Waals surface area contributed by atoms with Crippen LogP contribution in [-0.2, 0) is 9.47 Å². The molecule has 6 heteroatoms. The van der Waals surface area contributed by atoms with Crippen LogP contribution in [0.4, 0.5) is 10.7 Å². The summed E-state index contributed by atoms with van der Waals surface area (Å²) in [7, 11) is 3.01. The second-order valence-corrected chi connectivity index (χ2v) is 4.21. The Balaban J connectivity index is 2.52. The van der Waals surface area contributed by atoms with E-state index in [2.05, 4.69) is 10.1 Å². The van der Waals surface area contributed by atoms with Crippen molar-refractivity contribution in [2.45, 2.75) is 6.42 Å². The molecule has 1 aromatic heterocycles. The monoisotopic (exact) mass is 244 g/mol. The number of anilines is 2. The van der Waals surface area contributed by atoms with Gasteiger partial charge in [0.1, 0.15) is 4.88 Å². The predicted octanol–water partition coefficient (Wildman–Crippen LogP) is 1.57. The van der Waals surface area contributed by atoms with E-state index in [0.717, 1.165) is 18.0 Å². The number of carbonyl (C=O) groups excluding carboxylic acids is 1. The van der Waals surface area contributed by atoms with Crippen LogP contribution in [0.15, 0.2) is 6.07 Å². The first-order valence-electron chi connectivity index (χ1n) is 4.89. The third kappa shape index (κ3) is 3.39. The number of hydrogen-bond acceptors (Lipinski definition) is 6. The molecule has 16 heavy (non-hydrogen) atoms. The summed E-state index contributed by atoms with van der Waals surface area (Å²) in [5.41, 5.74) is 6.14. The van der Waals surface area contributed by atoms with Gasteiger partial charge in [0, 0.05) is 20.3 Å². The highest BCUT2D eigenvalue weighted by molar-refractivity contribution is 7.18. The van der Waals surface area contributed by atoms with Gasteiger partial charge in [-0.15, -0.1) is 11.3 Å². The Kier molecular flexibility index (Phi) is 5.07. The molecule has 1 heterocycles. The molecule has 0 bridgehead atoms. The molecule has 1 aromatic rings. The average Bonchev–Trinajstić information content (AvgIpc) is 2.65. The minimum absolute atomic E-state index is 0.396. The lowest BCUT2D eigenvalue weighted by Crippen LogP contribution is -2.03. The molecule has 0 atom stereocenters. The quantitative estimate of drug-likeness (QED) is 0.587. The molecule has 3 N–H and O–H groups in total. The molecule has 1 rings (SSSR count). The van der Waals surface area contributed by atoms with E-state index < -0.39 is 5.97 Å². The van der Waals surface area contributed by atoms with Gasteiger partial charge in [0.15, 0.2) is 0 Å². The van der Waals surface area contributed by atoms with Gasteiger partial charge < -0.3 is 20.5 Å². The molecule has 0 aromatic carbocycles. The third-order valence-corrected chi connectivity index (χ3v) is 3.04. The number of nitrogens with one attached hydrogen (secondary N) is 1. The summed E-state index contributed by atoms with van der Waals surface area (Å²) >= 11 is 1.30. The maximum Gasteiger partial charge on any atom is 0.350 e. The summed E-state index contributed by atoms with van der Waals surface area (Å²) in [5, 5.41) is 4.04. The molecule has 0 radical (unpaired) electrons. The average molecular weight is 244 g/mol. The van der Waals surface area contributed by atoms with E-state index in [0.29, 0.717) is 17.2 Å². The van der Waals surface area contributed by atoms with Crippen molar-refractivity contribution in [1.82, 2.24) is 0 Å². The summed E-state index contributed by atoms with van der Waals surface area (Å²) in [4.78, 5) is 11.7. The molecular weight excluding hydrogens is 228 g/mol. The van der Waals surface area contributed by atoms with Crippen LogP contribution in [0.2, 0.25) is 0 Å². The molecule has 0 saturated heterocycles. The highest BCUT2D eigenvalue weighted by atomic mass is 32.1. The zero-order chi connectivity index (χ0) is 12.0. The second kappa shape index (κ2) is 6.34. The van der Waals surface area contributed by atoms with E-state index in [1.165, 1.54) is 18.4 Å². The van der Waals surface area contributed by atoms with Gasteiger partial charge in [0.05, 0.1) is 17.8 Å². The molecule has 0 fully saturated rings. The first-order chi connectivity index (χ1) is 7.69. The van der Waals surface area contributed by atoms with E-state index in [1.54, 1.807) is 13.2 Å². The van der Waals surface area contributed by atoms with Crippen molar-refractivity contribution in [1.29, 1.82) is 0 Å². The zero-order valence-corrected chi connectivity index (χ0v) is 10.2. The normalized spacial score (nSPS) is 10.1. The molecule has 0 amide bonds. The van der Waals surface area contributed by atoms with Crippen molar-refractivity contribution >= 4 is 28.0 Å². The van der Waals surface area contributed by atoms with E-state index in [9.17, 15) is 4.79 Å². The van der Waals surface area contributed by atoms with Gasteiger partial charge in [-0.2, -0.15) is 0 Å². The number of nitrogens with two attached hydrogens (primary N) is 1. The number of esters is 1. The predicted molar refractivity (Wildman–Crippen MR) is 65.1 cm³/mol. The van der Waals surface area contributed by atoms with Gasteiger partial charge in [-0.25, -0.2) is 4.79 Å². The smallest absolute Gasteiger partial charge is 0.350 e. The Morgan fingerprint density at radius 2 is 2.31 bits per heavy atom. The molecule has 0 aliphatic carbocycles. The van der Waals surface area contributed by atoms with Crippen molar-refractivity contribution < 1.29 is 14.3 Å². The molecule has 0 aliphatic heterocycles. The largest absolute Gasteiger partial charge is 0.465 e. The fourth-order valence-corrected chi connectivity index (χ4v) is 2.10. The molecule has 0 aliphatic rings. The fraction of sp³-hybridized carbons (Fsp3) is 0.500. The minimum atomic E-state index is -0.396. The van der Waals surface area contributed by atoms with Gasteiger partial charge in [-0.05, 0) is 12.5 Å². The van der Waals surface area contributed by atoms with Crippen LogP contribution in [0.25, 0.3) is 0 Å². The Bertz CT molecular complexity index is 352. The maximum absolute atomic E-state index is 11.3. The van der Waals surface area contributed by atoms with Crippen LogP contribution < -0.4 is 11.1 Å². The van der Waals surface area contributed by atoms with Crippen LogP contribution in [-0.4, -0.2) is 33.3 Å². The first kappa shape index (κ1) is 12.8. The number of carbonyl (C=O) groups is 1. The summed E-state index contributed by atoms with van der Waals surface area (Å²) in [6, 6.07) is 1.74. The van der Waals surface area contributed by atoms with Crippen LogP contribution in [0, 0.1) is 0 Å². The highest BCUT2D eigenvalue weighted by Crippen LogP contribution is 2.29. The van der Waals surface area contributed by atoms with Gasteiger partial charge in [-0.3, -0.25) is 0 Å². The van der Waals surface area contributed by atoms with Gasteiger partial charge in [0.2, 0.25) is 0 Å². The Labute approximate surface area is 98.5 Å². The number of thiophene rings is 1. The molecule has 5 nitrogen and oxygen atoms in total. The minimum Gasteiger partial charge on any atom is -0.465 e. The van der Waals surface area contributed by atoms with Gasteiger partial charge in [0.25, 0.3) is 0 Å². The molecule has 0 unspecified atom stereocenters. The standard InChI is InChI=1S/C10H16N2O3S/c1-14-5-3-4-12-8-6-7(11)9(16-8)10(13)15-2/h6,12H,3-5,11H2,1-2H3. The summed E-state index contributed by atoms with van der Waals surface area (Å²) in [6.07, 6.45) is 0.905. The number of nitrogen functional groups attached to an aromatic ring is 1. The summed E-state index contributed by atoms with van der Waals surface area (Å²) < 4.78 is 9.55. The highest BCUT2D eigenvalue weighted by Gasteiger charge is 2.14. The van der Waals surface area contributed by atoms with Crippen LogP contribution >= 0.6 is 11.3 Å². The van der Waals surface area contributed by atoms with Gasteiger partial charge >= 0.3 is 5.97 Å². The lowest BCUT2D eigenvalue weighted by Gasteiger charge is -2.01. The number of rotatable bonds is 6. The van der Waals surface area contributed by atoms with Gasteiger partial charge in [-0.1, -0.05) is 0 Å². The molecule has 0 saturated carbocycles. The number of ether oxygens (including phenoxy) is 2. The zero-order valence-electron chi connectivity index (χ0n) is 9.41. The number of methoxy groups -OCH3 is 2. The van der Waals surface area contributed by atoms with Crippen LogP contribution in [0.3, 0.4) is 0 Å². The number of hydrogen-bond donors (Lipinski definition) is 2. The van der Waals surface area contributed by atoms with E-state index in [-0.39, 0.29) is 0 Å². The Morgan fingerprint density at radius 1 is 1.56 bits per heavy atom. The Morgan fingerprint density at radius 3 is 2.94 bits per heavy atom. The fourth-order valence-electron chi connectivity index (χ4n) is 1.17. The van der Waals surface area contributed by atoms with E-state index in [4.69, 9.17) is 10.5 Å². The van der Waals surface area contributed by atoms with Crippen LogP contribution in [0.1, 0.15) is 16.1 Å². The Hall–Kier alpha value is -1.27. The first-order valence-corrected chi connectivity index (χ1v) is 5.71. The maximum atomic E-state index is 11.3. The van der Waals surface area contributed by atoms with E-state index in [1.807, 2.05) is 0 Å². The third-order valence-electron chi connectivity index (χ3n) is 1.96. The van der Waals surface area contributed by atoms with Crippen molar-refractivity contribution in [3.05, 3.63) is 10.9 Å². The molecular formula is C10H16N2O3S. The SMILES string of the molecule is COCCCNc1cc(N)c(C(=O)OC)s1. The molecule has 0 spiro atoms. The van der Waals surface area contributed by atoms with Crippen molar-refractivity contribution in [3.8, 4) is 0 Å². The second-order valence-electron chi connectivity index (χ2n) is 3.16. The lowest BCUT2D eigenvalue weighted by molar-refractivity contribution is 0.0607. The lowest BCUT2D eigenvalue weighted by atomic mass is 10.4. The van der Waals surface area contributed by atoms with Crippen molar-refractivity contribution in [2.24, 2.45) is 0 Å². The van der Waals surface area contributed by atoms with Crippen molar-refractivity contribution in [2.75, 3.05) is 38.4 Å². The topological polar surface area (TPSA) is 73.6 Å². The van der Waals surface area contributed by atoms with Crippen molar-refractivity contribution in [3.63, 3.8) is 0 Å². The summed E-state index contributed by atoms with van der Waals surface area (Å²) in [5.74, 6) is -0.396.